The highest BCUT2D eigenvalue weighted by Crippen LogP contribution is 2.27. The van der Waals surface area contributed by atoms with E-state index in [0.29, 0.717) is 6.04 Å². The van der Waals surface area contributed by atoms with Crippen LogP contribution >= 0.6 is 11.3 Å². The number of rotatable bonds is 2. The van der Waals surface area contributed by atoms with Gasteiger partial charge in [0.2, 0.25) is 0 Å². The molecule has 1 aliphatic rings. The molecule has 1 atom stereocenters. The van der Waals surface area contributed by atoms with Gasteiger partial charge in [0.1, 0.15) is 0 Å². The van der Waals surface area contributed by atoms with E-state index in [1.807, 2.05) is 0 Å². The summed E-state index contributed by atoms with van der Waals surface area (Å²) in [6, 6.07) is 0.658. The van der Waals surface area contributed by atoms with Crippen molar-refractivity contribution in [3.05, 3.63) is 10.6 Å². The van der Waals surface area contributed by atoms with E-state index in [9.17, 15) is 0 Å². The number of aromatic nitrogens is 1. The smallest absolute Gasteiger partial charge is 0.180 e. The minimum Gasteiger partial charge on any atom is -0.375 e. The Balaban J connectivity index is 2.12. The summed E-state index contributed by atoms with van der Waals surface area (Å²) in [6.07, 6.45) is 2.32. The fraction of sp³-hybridized carbons (Fsp3) is 0.700. The van der Waals surface area contributed by atoms with Gasteiger partial charge in [0.05, 0.1) is 5.69 Å². The zero-order valence-electron chi connectivity index (χ0n) is 8.79. The van der Waals surface area contributed by atoms with Gasteiger partial charge >= 0.3 is 0 Å². The van der Waals surface area contributed by atoms with E-state index < -0.39 is 0 Å². The van der Waals surface area contributed by atoms with Crippen molar-refractivity contribution in [1.29, 1.82) is 0 Å². The van der Waals surface area contributed by atoms with Crippen LogP contribution < -0.4 is 5.73 Å². The zero-order valence-corrected chi connectivity index (χ0v) is 9.60. The number of anilines is 1. The maximum Gasteiger partial charge on any atom is 0.180 e. The Hall–Kier alpha value is -0.610. The maximum absolute atomic E-state index is 5.70. The van der Waals surface area contributed by atoms with Gasteiger partial charge in [-0.3, -0.25) is 4.90 Å². The van der Waals surface area contributed by atoms with Gasteiger partial charge in [-0.25, -0.2) is 4.98 Å². The van der Waals surface area contributed by atoms with E-state index in [0.717, 1.165) is 24.6 Å². The van der Waals surface area contributed by atoms with E-state index in [1.54, 1.807) is 11.3 Å². The van der Waals surface area contributed by atoms with Gasteiger partial charge in [0, 0.05) is 24.0 Å². The van der Waals surface area contributed by atoms with E-state index in [2.05, 4.69) is 23.7 Å². The molecule has 3 nitrogen and oxygen atoms in total. The first-order valence-electron chi connectivity index (χ1n) is 5.18. The molecule has 0 fully saturated rings. The van der Waals surface area contributed by atoms with Crippen molar-refractivity contribution in [2.75, 3.05) is 12.3 Å². The molecule has 0 amide bonds. The summed E-state index contributed by atoms with van der Waals surface area (Å²) >= 11 is 1.65. The van der Waals surface area contributed by atoms with Crippen molar-refractivity contribution in [1.82, 2.24) is 9.88 Å². The normalized spacial score (nSPS) is 19.3. The van der Waals surface area contributed by atoms with Crippen LogP contribution in [0.2, 0.25) is 0 Å². The van der Waals surface area contributed by atoms with Crippen molar-refractivity contribution in [3.8, 4) is 0 Å². The molecule has 78 valence electrons. The van der Waals surface area contributed by atoms with Crippen molar-refractivity contribution in [2.45, 2.75) is 39.3 Å². The van der Waals surface area contributed by atoms with Crippen LogP contribution in [-0.4, -0.2) is 22.5 Å². The molecule has 0 aliphatic carbocycles. The van der Waals surface area contributed by atoms with Gasteiger partial charge in [-0.2, -0.15) is 0 Å². The third-order valence-corrected chi connectivity index (χ3v) is 3.97. The molecular weight excluding hydrogens is 194 g/mol. The highest BCUT2D eigenvalue weighted by molar-refractivity contribution is 7.15. The molecule has 0 saturated heterocycles. The minimum absolute atomic E-state index is 0.658. The number of thiazole rings is 1. The highest BCUT2D eigenvalue weighted by Gasteiger charge is 2.22. The molecule has 2 N–H and O–H groups in total. The standard InChI is InChI=1S/C10H17N3S/c1-3-7(2)13-5-4-9-8(6-13)12-10(11)14-9/h7H,3-6H2,1-2H3,(H2,11,12). The topological polar surface area (TPSA) is 42.1 Å². The first kappa shape index (κ1) is 9.93. The molecule has 0 bridgehead atoms. The van der Waals surface area contributed by atoms with Crippen molar-refractivity contribution < 1.29 is 0 Å². The fourth-order valence-electron chi connectivity index (χ4n) is 1.87. The van der Waals surface area contributed by atoms with Gasteiger partial charge < -0.3 is 5.73 Å². The predicted octanol–water partition coefficient (Wildman–Crippen LogP) is 1.88. The molecule has 1 unspecified atom stereocenters. The van der Waals surface area contributed by atoms with Crippen molar-refractivity contribution in [3.63, 3.8) is 0 Å². The van der Waals surface area contributed by atoms with Gasteiger partial charge in [-0.05, 0) is 19.8 Å². The Bertz CT molecular complexity index is 321. The van der Waals surface area contributed by atoms with Gasteiger partial charge in [-0.1, -0.05) is 6.92 Å². The largest absolute Gasteiger partial charge is 0.375 e. The minimum atomic E-state index is 0.658. The summed E-state index contributed by atoms with van der Waals surface area (Å²) in [5, 5.41) is 0.723. The molecule has 2 heterocycles. The average Bonchev–Trinajstić information content (AvgIpc) is 2.55. The molecule has 0 saturated carbocycles. The quantitative estimate of drug-likeness (QED) is 0.812. The monoisotopic (exact) mass is 211 g/mol. The lowest BCUT2D eigenvalue weighted by molar-refractivity contribution is 0.185. The second kappa shape index (κ2) is 3.87. The van der Waals surface area contributed by atoms with Gasteiger partial charge in [0.25, 0.3) is 0 Å². The summed E-state index contributed by atoms with van der Waals surface area (Å²) in [7, 11) is 0. The Kier molecular flexibility index (Phi) is 2.74. The summed E-state index contributed by atoms with van der Waals surface area (Å²) < 4.78 is 0. The van der Waals surface area contributed by atoms with E-state index >= 15 is 0 Å². The Morgan fingerprint density at radius 3 is 3.14 bits per heavy atom. The number of fused-ring (bicyclic) bond motifs is 1. The van der Waals surface area contributed by atoms with Crippen LogP contribution in [0.3, 0.4) is 0 Å². The molecule has 0 aromatic carbocycles. The molecule has 1 aliphatic heterocycles. The van der Waals surface area contributed by atoms with Gasteiger partial charge in [0.15, 0.2) is 5.13 Å². The number of hydrogen-bond acceptors (Lipinski definition) is 4. The van der Waals surface area contributed by atoms with Crippen LogP contribution in [0.15, 0.2) is 0 Å². The first-order valence-corrected chi connectivity index (χ1v) is 6.00. The molecule has 0 radical (unpaired) electrons. The summed E-state index contributed by atoms with van der Waals surface area (Å²) in [5.74, 6) is 0. The molecule has 14 heavy (non-hydrogen) atoms. The molecular formula is C10H17N3S. The van der Waals surface area contributed by atoms with Crippen molar-refractivity contribution in [2.24, 2.45) is 0 Å². The summed E-state index contributed by atoms with van der Waals surface area (Å²) in [4.78, 5) is 8.25. The lowest BCUT2D eigenvalue weighted by Gasteiger charge is -2.30. The highest BCUT2D eigenvalue weighted by atomic mass is 32.1. The number of nitrogens with zero attached hydrogens (tertiary/aromatic N) is 2. The lowest BCUT2D eigenvalue weighted by atomic mass is 10.1. The average molecular weight is 211 g/mol. The van der Waals surface area contributed by atoms with E-state index in [4.69, 9.17) is 5.73 Å². The molecule has 1 aromatic heterocycles. The third kappa shape index (κ3) is 1.77. The zero-order chi connectivity index (χ0) is 10.1. The third-order valence-electron chi connectivity index (χ3n) is 2.99. The summed E-state index contributed by atoms with van der Waals surface area (Å²) in [5.41, 5.74) is 6.91. The fourth-order valence-corrected chi connectivity index (χ4v) is 2.70. The van der Waals surface area contributed by atoms with Crippen LogP contribution in [0.25, 0.3) is 0 Å². The molecule has 1 aromatic rings. The van der Waals surface area contributed by atoms with E-state index in [-0.39, 0.29) is 0 Å². The van der Waals surface area contributed by atoms with Gasteiger partial charge in [-0.15, -0.1) is 11.3 Å². The SMILES string of the molecule is CCC(C)N1CCc2sc(N)nc2C1. The second-order valence-electron chi connectivity index (χ2n) is 3.90. The number of nitrogen functional groups attached to an aromatic ring is 1. The van der Waals surface area contributed by atoms with E-state index in [1.165, 1.54) is 17.0 Å². The van der Waals surface area contributed by atoms with Crippen LogP contribution in [0.5, 0.6) is 0 Å². The first-order chi connectivity index (χ1) is 6.70. The Morgan fingerprint density at radius 2 is 2.43 bits per heavy atom. The Morgan fingerprint density at radius 1 is 1.64 bits per heavy atom. The van der Waals surface area contributed by atoms with Crippen LogP contribution in [0.1, 0.15) is 30.8 Å². The van der Waals surface area contributed by atoms with Crippen LogP contribution in [0.4, 0.5) is 5.13 Å². The molecule has 0 spiro atoms. The van der Waals surface area contributed by atoms with Crippen molar-refractivity contribution >= 4 is 16.5 Å². The molecule has 4 heteroatoms. The second-order valence-corrected chi connectivity index (χ2v) is 5.01. The maximum atomic E-state index is 5.70. The lowest BCUT2D eigenvalue weighted by Crippen LogP contribution is -2.36. The van der Waals surface area contributed by atoms with Crippen LogP contribution in [0, 0.1) is 0 Å². The predicted molar refractivity (Wildman–Crippen MR) is 60.4 cm³/mol. The number of hydrogen-bond donors (Lipinski definition) is 1. The Labute approximate surface area is 88.9 Å². The number of nitrogens with two attached hydrogens (primary N) is 1. The molecule has 2 rings (SSSR count). The van der Waals surface area contributed by atoms with Crippen LogP contribution in [-0.2, 0) is 13.0 Å². The summed E-state index contributed by atoms with van der Waals surface area (Å²) in [6.45, 7) is 6.65.